The SMILES string of the molecule is CCC1[C-]=CC(C(C)(C)C)=C1.Cc1[c-]c2c(cc1C(C)(C)C)-c1cc(C(C)(C)C)c(C)cc1C2.[Cl-].[Cl-].[Zr+4]. The molecule has 3 heteroatoms. The van der Waals surface area contributed by atoms with Gasteiger partial charge in [-0.3, -0.25) is 6.08 Å². The number of aryl methyl sites for hydroxylation is 2. The maximum absolute atomic E-state index is 3.69. The second-order valence-corrected chi connectivity index (χ2v) is 13.4. The van der Waals surface area contributed by atoms with Crippen molar-refractivity contribution in [3.05, 3.63) is 81.4 Å². The average Bonchev–Trinajstić information content (AvgIpc) is 3.29. The summed E-state index contributed by atoms with van der Waals surface area (Å²) in [5.74, 6) is 0.573. The molecule has 0 nitrogen and oxygen atoms in total. The van der Waals surface area contributed by atoms with Gasteiger partial charge in [0, 0.05) is 0 Å². The van der Waals surface area contributed by atoms with E-state index in [9.17, 15) is 0 Å². The molecule has 2 aromatic carbocycles. The standard InChI is InChI=1S/C23H29.C11H17.2ClH.Zr/c1-14-9-16-11-17-10-15(2)21(23(6,7)8)13-19(17)18(16)12-20(14)22(3,4)5;1-5-9-6-7-10(8-9)11(2,3)4;;;/h9,12-13H,11H2,1-8H3;7-9H,5H2,1-4H3;2*1H;/q2*-1;;;+4/p-2. The van der Waals surface area contributed by atoms with E-state index < -0.39 is 0 Å². The van der Waals surface area contributed by atoms with Gasteiger partial charge in [-0.25, -0.2) is 6.08 Å². The Balaban J connectivity index is 0.000000795. The van der Waals surface area contributed by atoms with E-state index in [1.54, 1.807) is 0 Å². The van der Waals surface area contributed by atoms with E-state index in [0.717, 1.165) is 6.42 Å². The molecule has 0 saturated carbocycles. The maximum Gasteiger partial charge on any atom is 4.00 e. The molecule has 0 amide bonds. The predicted octanol–water partition coefficient (Wildman–Crippen LogP) is 3.63. The Morgan fingerprint density at radius 1 is 0.784 bits per heavy atom. The van der Waals surface area contributed by atoms with Crippen LogP contribution in [0, 0.1) is 37.3 Å². The molecule has 0 fully saturated rings. The molecule has 0 heterocycles. The summed E-state index contributed by atoms with van der Waals surface area (Å²) in [4.78, 5) is 0. The number of hydrogen-bond donors (Lipinski definition) is 0. The number of hydrogen-bond acceptors (Lipinski definition) is 0. The van der Waals surface area contributed by atoms with Crippen LogP contribution in [0.15, 0.2) is 35.9 Å². The topological polar surface area (TPSA) is 0 Å². The Morgan fingerprint density at radius 2 is 1.32 bits per heavy atom. The van der Waals surface area contributed by atoms with Crippen LogP contribution in [0.3, 0.4) is 0 Å². The fraction of sp³-hybridized carbons (Fsp3) is 0.529. The second-order valence-electron chi connectivity index (χ2n) is 13.4. The first-order valence-electron chi connectivity index (χ1n) is 13.0. The van der Waals surface area contributed by atoms with Crippen molar-refractivity contribution in [3.63, 3.8) is 0 Å². The van der Waals surface area contributed by atoms with Gasteiger partial charge in [-0.2, -0.15) is 29.3 Å². The molecular weight excluding hydrogens is 571 g/mol. The van der Waals surface area contributed by atoms with Crippen molar-refractivity contribution in [2.24, 2.45) is 11.3 Å². The predicted molar refractivity (Wildman–Crippen MR) is 150 cm³/mol. The molecule has 200 valence electrons. The van der Waals surface area contributed by atoms with Crippen LogP contribution >= 0.6 is 0 Å². The van der Waals surface area contributed by atoms with Gasteiger partial charge in [-0.15, -0.1) is 16.7 Å². The number of benzene rings is 2. The number of halogens is 2. The first kappa shape index (κ1) is 36.4. The van der Waals surface area contributed by atoms with Gasteiger partial charge in [-0.05, 0) is 35.4 Å². The third kappa shape index (κ3) is 8.43. The van der Waals surface area contributed by atoms with E-state index in [2.05, 4.69) is 126 Å². The molecule has 0 aromatic heterocycles. The zero-order valence-corrected chi connectivity index (χ0v) is 29.1. The van der Waals surface area contributed by atoms with E-state index in [1.165, 1.54) is 56.5 Å². The third-order valence-corrected chi connectivity index (χ3v) is 7.22. The van der Waals surface area contributed by atoms with Gasteiger partial charge in [0.15, 0.2) is 0 Å². The maximum atomic E-state index is 3.69. The van der Waals surface area contributed by atoms with Crippen molar-refractivity contribution in [3.8, 4) is 11.1 Å². The molecule has 4 rings (SSSR count). The zero-order chi connectivity index (χ0) is 25.6. The van der Waals surface area contributed by atoms with Crippen molar-refractivity contribution >= 4 is 0 Å². The summed E-state index contributed by atoms with van der Waals surface area (Å²) in [5, 5.41) is 0. The molecule has 0 N–H and O–H groups in total. The van der Waals surface area contributed by atoms with Crippen molar-refractivity contribution in [1.82, 2.24) is 0 Å². The largest absolute Gasteiger partial charge is 4.00 e. The van der Waals surface area contributed by atoms with E-state index >= 15 is 0 Å². The van der Waals surface area contributed by atoms with E-state index in [1.807, 2.05) is 0 Å². The average molecular weight is 617 g/mol. The van der Waals surface area contributed by atoms with Crippen LogP contribution in [0.5, 0.6) is 0 Å². The van der Waals surface area contributed by atoms with E-state index in [-0.39, 0.29) is 61.8 Å². The first-order chi connectivity index (χ1) is 15.5. The molecule has 0 radical (unpaired) electrons. The Labute approximate surface area is 260 Å². The Bertz CT molecular complexity index is 1060. The minimum atomic E-state index is 0. The van der Waals surface area contributed by atoms with Gasteiger partial charge in [0.25, 0.3) is 0 Å². The van der Waals surface area contributed by atoms with Gasteiger partial charge >= 0.3 is 26.2 Å². The molecule has 0 spiro atoms. The van der Waals surface area contributed by atoms with Crippen LogP contribution in [0.25, 0.3) is 11.1 Å². The quantitative estimate of drug-likeness (QED) is 0.367. The molecule has 0 aliphatic heterocycles. The van der Waals surface area contributed by atoms with Gasteiger partial charge in [0.1, 0.15) is 0 Å². The van der Waals surface area contributed by atoms with Crippen LogP contribution in [0.1, 0.15) is 109 Å². The number of allylic oxidation sites excluding steroid dienone is 4. The summed E-state index contributed by atoms with van der Waals surface area (Å²) in [6.45, 7) is 27.2. The van der Waals surface area contributed by atoms with Crippen molar-refractivity contribution in [1.29, 1.82) is 0 Å². The minimum Gasteiger partial charge on any atom is -1.00 e. The fourth-order valence-corrected chi connectivity index (χ4v) is 5.23. The summed E-state index contributed by atoms with van der Waals surface area (Å²) in [6, 6.07) is 10.9. The van der Waals surface area contributed by atoms with Crippen molar-refractivity contribution in [2.75, 3.05) is 0 Å². The number of rotatable bonds is 1. The van der Waals surface area contributed by atoms with Crippen LogP contribution < -0.4 is 24.8 Å². The summed E-state index contributed by atoms with van der Waals surface area (Å²) < 4.78 is 0. The van der Waals surface area contributed by atoms with Crippen LogP contribution in [-0.2, 0) is 43.5 Å². The van der Waals surface area contributed by atoms with Gasteiger partial charge < -0.3 is 24.8 Å². The molecule has 0 bridgehead atoms. The minimum absolute atomic E-state index is 0. The molecule has 2 aliphatic carbocycles. The monoisotopic (exact) mass is 614 g/mol. The molecule has 1 atom stereocenters. The molecule has 0 saturated heterocycles. The second kappa shape index (κ2) is 13.2. The fourth-order valence-electron chi connectivity index (χ4n) is 5.23. The molecule has 2 aliphatic rings. The smallest absolute Gasteiger partial charge is 1.00 e. The molecule has 1 unspecified atom stereocenters. The van der Waals surface area contributed by atoms with Gasteiger partial charge in [-0.1, -0.05) is 117 Å². The first-order valence-corrected chi connectivity index (χ1v) is 13.0. The summed E-state index contributed by atoms with van der Waals surface area (Å²) >= 11 is 0. The van der Waals surface area contributed by atoms with Crippen molar-refractivity contribution in [2.45, 2.75) is 107 Å². The Kier molecular flexibility index (Phi) is 12.9. The summed E-state index contributed by atoms with van der Waals surface area (Å²) in [7, 11) is 0. The third-order valence-electron chi connectivity index (χ3n) is 7.22. The van der Waals surface area contributed by atoms with Gasteiger partial charge in [0.2, 0.25) is 0 Å². The molecule has 2 aromatic rings. The van der Waals surface area contributed by atoms with E-state index in [4.69, 9.17) is 0 Å². The number of fused-ring (bicyclic) bond motifs is 3. The summed E-state index contributed by atoms with van der Waals surface area (Å²) in [6.07, 6.45) is 10.0. The van der Waals surface area contributed by atoms with Crippen LogP contribution in [0.4, 0.5) is 0 Å². The van der Waals surface area contributed by atoms with Crippen molar-refractivity contribution < 1.29 is 51.0 Å². The Hall–Kier alpha value is -0.617. The summed E-state index contributed by atoms with van der Waals surface area (Å²) in [5.41, 5.74) is 13.3. The van der Waals surface area contributed by atoms with Crippen LogP contribution in [-0.4, -0.2) is 0 Å². The molecular formula is C34H46Cl2Zr. The van der Waals surface area contributed by atoms with E-state index in [0.29, 0.717) is 11.3 Å². The van der Waals surface area contributed by atoms with Crippen LogP contribution in [0.2, 0.25) is 0 Å². The zero-order valence-electron chi connectivity index (χ0n) is 25.1. The Morgan fingerprint density at radius 3 is 1.76 bits per heavy atom. The van der Waals surface area contributed by atoms with Gasteiger partial charge in [0.05, 0.1) is 0 Å². The normalized spacial score (nSPS) is 15.8. The molecule has 37 heavy (non-hydrogen) atoms.